The molecule has 2 N–H and O–H groups in total. The highest BCUT2D eigenvalue weighted by Crippen LogP contribution is 2.31. The van der Waals surface area contributed by atoms with Gasteiger partial charge in [0.05, 0.1) is 12.1 Å². The van der Waals surface area contributed by atoms with E-state index in [1.54, 1.807) is 23.1 Å². The van der Waals surface area contributed by atoms with Crippen LogP contribution in [0.25, 0.3) is 11.4 Å². The quantitative estimate of drug-likeness (QED) is 0.352. The summed E-state index contributed by atoms with van der Waals surface area (Å²) in [5.74, 6) is -2.31. The van der Waals surface area contributed by atoms with Crippen LogP contribution in [0.5, 0.6) is 0 Å². The Morgan fingerprint density at radius 1 is 1.06 bits per heavy atom. The van der Waals surface area contributed by atoms with E-state index in [1.165, 1.54) is 12.1 Å². The van der Waals surface area contributed by atoms with Crippen LogP contribution in [0.3, 0.4) is 0 Å². The summed E-state index contributed by atoms with van der Waals surface area (Å²) < 4.78 is 68.3. The largest absolute Gasteiger partial charge is 0.417 e. The first kappa shape index (κ1) is 24.7. The van der Waals surface area contributed by atoms with Gasteiger partial charge in [-0.05, 0) is 18.2 Å². The number of halogens is 5. The van der Waals surface area contributed by atoms with Crippen LogP contribution < -0.4 is 10.6 Å². The van der Waals surface area contributed by atoms with Crippen molar-refractivity contribution in [2.24, 2.45) is 0 Å². The van der Waals surface area contributed by atoms with Crippen molar-refractivity contribution in [2.75, 3.05) is 11.9 Å². The molecule has 0 unspecified atom stereocenters. The lowest BCUT2D eigenvalue weighted by molar-refractivity contribution is -0.137. The van der Waals surface area contributed by atoms with Gasteiger partial charge in [-0.2, -0.15) is 18.3 Å². The van der Waals surface area contributed by atoms with Gasteiger partial charge in [0.15, 0.2) is 5.82 Å². The summed E-state index contributed by atoms with van der Waals surface area (Å²) in [4.78, 5) is 24.6. The summed E-state index contributed by atoms with van der Waals surface area (Å²) in [5.41, 5.74) is -1.12. The molecule has 4 rings (SSSR count). The van der Waals surface area contributed by atoms with E-state index in [-0.39, 0.29) is 41.6 Å². The lowest BCUT2D eigenvalue weighted by Crippen LogP contribution is -2.28. The molecule has 0 aliphatic rings. The highest BCUT2D eigenvalue weighted by Gasteiger charge is 2.31. The Bertz CT molecular complexity index is 1360. The molecule has 13 heteroatoms. The number of benzene rings is 1. The summed E-state index contributed by atoms with van der Waals surface area (Å²) in [6.07, 6.45) is 0.445. The Balaban J connectivity index is 1.61. The normalized spacial score (nSPS) is 11.4. The molecule has 0 fully saturated rings. The maximum absolute atomic E-state index is 14.0. The van der Waals surface area contributed by atoms with Crippen molar-refractivity contribution in [3.8, 4) is 11.4 Å². The van der Waals surface area contributed by atoms with E-state index in [0.717, 1.165) is 24.4 Å². The van der Waals surface area contributed by atoms with Gasteiger partial charge in [0.25, 0.3) is 5.91 Å². The van der Waals surface area contributed by atoms with Gasteiger partial charge in [0, 0.05) is 61.1 Å². The van der Waals surface area contributed by atoms with Crippen LogP contribution in [0, 0.1) is 11.6 Å². The Labute approximate surface area is 201 Å². The van der Waals surface area contributed by atoms with Crippen molar-refractivity contribution in [1.82, 2.24) is 30.0 Å². The van der Waals surface area contributed by atoms with E-state index in [2.05, 4.69) is 30.7 Å². The van der Waals surface area contributed by atoms with Gasteiger partial charge in [-0.3, -0.25) is 14.5 Å². The van der Waals surface area contributed by atoms with Crippen LogP contribution in [0.1, 0.15) is 21.6 Å². The summed E-state index contributed by atoms with van der Waals surface area (Å²) in [6, 6.07) is 6.84. The van der Waals surface area contributed by atoms with Crippen LogP contribution in [0.2, 0.25) is 0 Å². The van der Waals surface area contributed by atoms with Gasteiger partial charge in [0.2, 0.25) is 0 Å². The number of alkyl halides is 3. The Kier molecular flexibility index (Phi) is 7.17. The van der Waals surface area contributed by atoms with E-state index in [0.29, 0.717) is 12.7 Å². The maximum Gasteiger partial charge on any atom is 0.417 e. The number of pyridine rings is 1. The van der Waals surface area contributed by atoms with Crippen LogP contribution in [0.4, 0.5) is 27.8 Å². The van der Waals surface area contributed by atoms with Crippen LogP contribution in [-0.2, 0) is 19.3 Å². The molecule has 0 aliphatic carbocycles. The molecule has 0 aliphatic heterocycles. The highest BCUT2D eigenvalue weighted by molar-refractivity contribution is 5.93. The fourth-order valence-electron chi connectivity index (χ4n) is 3.16. The third-order valence-corrected chi connectivity index (χ3v) is 4.94. The Morgan fingerprint density at radius 2 is 1.89 bits per heavy atom. The molecule has 8 nitrogen and oxygen atoms in total. The monoisotopic (exact) mass is 503 g/mol. The predicted octanol–water partition coefficient (Wildman–Crippen LogP) is 4.07. The lowest BCUT2D eigenvalue weighted by Gasteiger charge is -2.12. The number of amides is 1. The molecule has 0 saturated heterocycles. The van der Waals surface area contributed by atoms with Gasteiger partial charge >= 0.3 is 6.18 Å². The molecule has 36 heavy (non-hydrogen) atoms. The minimum absolute atomic E-state index is 0.0402. The van der Waals surface area contributed by atoms with E-state index in [4.69, 9.17) is 0 Å². The number of carbonyl (C=O) groups is 1. The molecule has 4 aromatic rings. The first-order valence-corrected chi connectivity index (χ1v) is 10.5. The Hall–Kier alpha value is -4.42. The minimum atomic E-state index is -4.65. The fourth-order valence-corrected chi connectivity index (χ4v) is 3.16. The van der Waals surface area contributed by atoms with E-state index < -0.39 is 29.3 Å². The molecule has 3 aromatic heterocycles. The van der Waals surface area contributed by atoms with Gasteiger partial charge in [-0.1, -0.05) is 6.07 Å². The first-order valence-electron chi connectivity index (χ1n) is 10.5. The number of carbonyl (C=O) groups excluding carboxylic acids is 1. The molecule has 0 spiro atoms. The molecule has 1 aromatic carbocycles. The van der Waals surface area contributed by atoms with Gasteiger partial charge in [-0.15, -0.1) is 0 Å². The molecule has 0 saturated carbocycles. The zero-order valence-electron chi connectivity index (χ0n) is 18.4. The summed E-state index contributed by atoms with van der Waals surface area (Å²) in [5, 5.41) is 9.48. The maximum atomic E-state index is 14.0. The van der Waals surface area contributed by atoms with E-state index in [9.17, 15) is 26.7 Å². The van der Waals surface area contributed by atoms with Crippen molar-refractivity contribution in [1.29, 1.82) is 0 Å². The summed E-state index contributed by atoms with van der Waals surface area (Å²) in [7, 11) is 0. The fraction of sp³-hybridized carbons (Fsp3) is 0.174. The number of rotatable bonds is 8. The molecule has 3 heterocycles. The standard InChI is InChI=1S/C23H18F5N7O/c24-17-3-2-14(18(25)9-17)12-31-20-10-19(22(36)30-5-7-35-6-1-4-32-35)33-21(34-20)15-8-16(13-29-11-15)23(26,27)28/h1-4,6,8-11,13H,5,7,12H2,(H,30,36)(H,31,33,34). The minimum Gasteiger partial charge on any atom is -0.366 e. The van der Waals surface area contributed by atoms with Crippen LogP contribution in [0.15, 0.2) is 61.2 Å². The van der Waals surface area contributed by atoms with Crippen LogP contribution >= 0.6 is 0 Å². The average molecular weight is 503 g/mol. The zero-order valence-corrected chi connectivity index (χ0v) is 18.4. The lowest BCUT2D eigenvalue weighted by atomic mass is 10.2. The van der Waals surface area contributed by atoms with E-state index in [1.807, 2.05) is 0 Å². The molecular weight excluding hydrogens is 485 g/mol. The molecule has 1 amide bonds. The van der Waals surface area contributed by atoms with Gasteiger partial charge in [0.1, 0.15) is 23.1 Å². The number of hydrogen-bond acceptors (Lipinski definition) is 6. The topological polar surface area (TPSA) is 97.6 Å². The second-order valence-electron chi connectivity index (χ2n) is 7.54. The van der Waals surface area contributed by atoms with Gasteiger partial charge < -0.3 is 10.6 Å². The van der Waals surface area contributed by atoms with Crippen molar-refractivity contribution >= 4 is 11.7 Å². The SMILES string of the molecule is O=C(NCCn1cccn1)c1cc(NCc2ccc(F)cc2F)nc(-c2cncc(C(F)(F)F)c2)n1. The second-order valence-corrected chi connectivity index (χ2v) is 7.54. The Morgan fingerprint density at radius 3 is 2.61 bits per heavy atom. The molecule has 0 bridgehead atoms. The average Bonchev–Trinajstić information content (AvgIpc) is 3.36. The van der Waals surface area contributed by atoms with Crippen molar-refractivity contribution in [2.45, 2.75) is 19.3 Å². The van der Waals surface area contributed by atoms with Gasteiger partial charge in [-0.25, -0.2) is 18.7 Å². The van der Waals surface area contributed by atoms with Crippen molar-refractivity contribution < 1.29 is 26.7 Å². The third-order valence-electron chi connectivity index (χ3n) is 4.94. The van der Waals surface area contributed by atoms with Crippen LogP contribution in [-0.4, -0.2) is 37.2 Å². The first-order chi connectivity index (χ1) is 17.2. The number of aromatic nitrogens is 5. The summed E-state index contributed by atoms with van der Waals surface area (Å²) >= 11 is 0. The molecule has 186 valence electrons. The molecular formula is C23H18F5N7O. The van der Waals surface area contributed by atoms with Crippen molar-refractivity contribution in [3.63, 3.8) is 0 Å². The highest BCUT2D eigenvalue weighted by atomic mass is 19.4. The predicted molar refractivity (Wildman–Crippen MR) is 119 cm³/mol. The molecule has 0 radical (unpaired) electrons. The zero-order chi connectivity index (χ0) is 25.7. The summed E-state index contributed by atoms with van der Waals surface area (Å²) in [6.45, 7) is 0.446. The molecule has 0 atom stereocenters. The van der Waals surface area contributed by atoms with Crippen molar-refractivity contribution in [3.05, 3.63) is 89.6 Å². The second kappa shape index (κ2) is 10.5. The third kappa shape index (κ3) is 6.17. The number of nitrogens with one attached hydrogen (secondary N) is 2. The number of nitrogens with zero attached hydrogens (tertiary/aromatic N) is 5. The number of hydrogen-bond donors (Lipinski definition) is 2. The van der Waals surface area contributed by atoms with E-state index >= 15 is 0 Å². The number of anilines is 1. The smallest absolute Gasteiger partial charge is 0.366 e.